The summed E-state index contributed by atoms with van der Waals surface area (Å²) in [5.74, 6) is -1.29. The monoisotopic (exact) mass is 296 g/mol. The Hall–Kier alpha value is -2.11. The van der Waals surface area contributed by atoms with Crippen LogP contribution in [0.3, 0.4) is 0 Å². The van der Waals surface area contributed by atoms with Crippen LogP contribution in [0.2, 0.25) is 0 Å². The maximum atomic E-state index is 13.2. The van der Waals surface area contributed by atoms with E-state index in [1.54, 1.807) is 19.1 Å². The highest BCUT2D eigenvalue weighted by Gasteiger charge is 2.20. The van der Waals surface area contributed by atoms with Gasteiger partial charge in [-0.1, -0.05) is 26.0 Å². The number of rotatable bonds is 6. The van der Waals surface area contributed by atoms with Crippen LogP contribution in [0, 0.1) is 11.7 Å². The van der Waals surface area contributed by atoms with Crippen molar-refractivity contribution in [2.45, 2.75) is 26.8 Å². The number of nitrogens with one attached hydrogen (secondary N) is 1. The van der Waals surface area contributed by atoms with Gasteiger partial charge in [-0.15, -0.1) is 0 Å². The van der Waals surface area contributed by atoms with Crippen molar-refractivity contribution in [2.24, 2.45) is 5.92 Å². The SMILES string of the molecule is CC(C)CN(CC(=O)O)C(=O)NC(C)c1cccc(F)c1. The highest BCUT2D eigenvalue weighted by molar-refractivity contribution is 5.80. The summed E-state index contributed by atoms with van der Waals surface area (Å²) in [6, 6.07) is 5.07. The molecule has 6 heteroatoms. The number of aliphatic carboxylic acids is 1. The van der Waals surface area contributed by atoms with Crippen molar-refractivity contribution in [3.05, 3.63) is 35.6 Å². The van der Waals surface area contributed by atoms with Gasteiger partial charge in [-0.25, -0.2) is 9.18 Å². The zero-order valence-corrected chi connectivity index (χ0v) is 12.5. The molecule has 21 heavy (non-hydrogen) atoms. The molecule has 0 radical (unpaired) electrons. The number of carbonyl (C=O) groups is 2. The third kappa shape index (κ3) is 5.81. The van der Waals surface area contributed by atoms with Crippen LogP contribution in [0.4, 0.5) is 9.18 Å². The number of carboxylic acids is 1. The number of hydrogen-bond acceptors (Lipinski definition) is 2. The first-order valence-electron chi connectivity index (χ1n) is 6.82. The molecule has 1 rings (SSSR count). The summed E-state index contributed by atoms with van der Waals surface area (Å²) in [6.07, 6.45) is 0. The fourth-order valence-corrected chi connectivity index (χ4v) is 1.96. The van der Waals surface area contributed by atoms with E-state index in [0.29, 0.717) is 12.1 Å². The molecule has 116 valence electrons. The molecule has 0 heterocycles. The number of amides is 2. The van der Waals surface area contributed by atoms with Gasteiger partial charge in [0.15, 0.2) is 0 Å². The van der Waals surface area contributed by atoms with E-state index in [2.05, 4.69) is 5.32 Å². The maximum Gasteiger partial charge on any atom is 0.323 e. The lowest BCUT2D eigenvalue weighted by Crippen LogP contribution is -2.45. The molecule has 1 aromatic rings. The molecule has 2 amide bonds. The number of halogens is 1. The number of hydrogen-bond donors (Lipinski definition) is 2. The Morgan fingerprint density at radius 3 is 2.52 bits per heavy atom. The Balaban J connectivity index is 2.73. The quantitative estimate of drug-likeness (QED) is 0.848. The minimum Gasteiger partial charge on any atom is -0.480 e. The molecule has 0 bridgehead atoms. The first-order chi connectivity index (χ1) is 9.79. The summed E-state index contributed by atoms with van der Waals surface area (Å²) < 4.78 is 13.2. The molecule has 1 atom stereocenters. The molecule has 5 nitrogen and oxygen atoms in total. The van der Waals surface area contributed by atoms with Crippen LogP contribution in [0.15, 0.2) is 24.3 Å². The van der Waals surface area contributed by atoms with Crippen LogP contribution in [0.5, 0.6) is 0 Å². The van der Waals surface area contributed by atoms with Gasteiger partial charge in [-0.05, 0) is 30.5 Å². The third-order valence-electron chi connectivity index (χ3n) is 2.89. The second-order valence-electron chi connectivity index (χ2n) is 5.39. The van der Waals surface area contributed by atoms with Crippen molar-refractivity contribution in [2.75, 3.05) is 13.1 Å². The molecule has 0 fully saturated rings. The Morgan fingerprint density at radius 2 is 2.00 bits per heavy atom. The minimum absolute atomic E-state index is 0.152. The second-order valence-corrected chi connectivity index (χ2v) is 5.39. The topological polar surface area (TPSA) is 69.6 Å². The molecular formula is C15H21FN2O3. The Bertz CT molecular complexity index is 505. The van der Waals surface area contributed by atoms with Crippen molar-refractivity contribution in [1.82, 2.24) is 10.2 Å². The van der Waals surface area contributed by atoms with E-state index in [4.69, 9.17) is 5.11 Å². The summed E-state index contributed by atoms with van der Waals surface area (Å²) in [6.45, 7) is 5.51. The molecule has 0 aliphatic carbocycles. The molecule has 0 saturated heterocycles. The molecule has 1 aromatic carbocycles. The first-order valence-corrected chi connectivity index (χ1v) is 6.82. The second kappa shape index (κ2) is 7.61. The van der Waals surface area contributed by atoms with Gasteiger partial charge < -0.3 is 15.3 Å². The first kappa shape index (κ1) is 16.9. The number of nitrogens with zero attached hydrogens (tertiary/aromatic N) is 1. The maximum absolute atomic E-state index is 13.2. The summed E-state index contributed by atoms with van der Waals surface area (Å²) >= 11 is 0. The van der Waals surface area contributed by atoms with Crippen LogP contribution in [0.1, 0.15) is 32.4 Å². The molecule has 0 aromatic heterocycles. The molecule has 2 N–H and O–H groups in total. The van der Waals surface area contributed by atoms with Crippen molar-refractivity contribution < 1.29 is 19.1 Å². The van der Waals surface area contributed by atoms with E-state index in [-0.39, 0.29) is 18.3 Å². The normalized spacial score (nSPS) is 12.0. The lowest BCUT2D eigenvalue weighted by Gasteiger charge is -2.25. The smallest absolute Gasteiger partial charge is 0.323 e. The molecule has 0 aliphatic rings. The van der Waals surface area contributed by atoms with Gasteiger partial charge in [0.25, 0.3) is 0 Å². The van der Waals surface area contributed by atoms with Gasteiger partial charge in [-0.2, -0.15) is 0 Å². The van der Waals surface area contributed by atoms with Crippen LogP contribution in [-0.4, -0.2) is 35.1 Å². The lowest BCUT2D eigenvalue weighted by molar-refractivity contribution is -0.137. The third-order valence-corrected chi connectivity index (χ3v) is 2.89. The predicted octanol–water partition coefficient (Wildman–Crippen LogP) is 2.64. The Kier molecular flexibility index (Phi) is 6.14. The minimum atomic E-state index is -1.07. The number of carbonyl (C=O) groups excluding carboxylic acids is 1. The van der Waals surface area contributed by atoms with E-state index >= 15 is 0 Å². The average Bonchev–Trinajstić information content (AvgIpc) is 2.36. The molecule has 0 aliphatic heterocycles. The van der Waals surface area contributed by atoms with Crippen molar-refractivity contribution in [3.63, 3.8) is 0 Å². The van der Waals surface area contributed by atoms with Crippen molar-refractivity contribution in [3.8, 4) is 0 Å². The fourth-order valence-electron chi connectivity index (χ4n) is 1.96. The molecular weight excluding hydrogens is 275 g/mol. The summed E-state index contributed by atoms with van der Waals surface area (Å²) in [5.41, 5.74) is 0.628. The summed E-state index contributed by atoms with van der Waals surface area (Å²) in [7, 11) is 0. The van der Waals surface area contributed by atoms with E-state index in [9.17, 15) is 14.0 Å². The van der Waals surface area contributed by atoms with Gasteiger partial charge in [0.2, 0.25) is 0 Å². The zero-order valence-electron chi connectivity index (χ0n) is 12.5. The van der Waals surface area contributed by atoms with Gasteiger partial charge in [0.1, 0.15) is 12.4 Å². The Morgan fingerprint density at radius 1 is 1.33 bits per heavy atom. The Labute approximate surface area is 123 Å². The van der Waals surface area contributed by atoms with E-state index in [1.807, 2.05) is 13.8 Å². The van der Waals surface area contributed by atoms with Crippen LogP contribution in [-0.2, 0) is 4.79 Å². The van der Waals surface area contributed by atoms with E-state index in [1.165, 1.54) is 17.0 Å². The van der Waals surface area contributed by atoms with Crippen molar-refractivity contribution >= 4 is 12.0 Å². The molecule has 1 unspecified atom stereocenters. The van der Waals surface area contributed by atoms with Crippen LogP contribution in [0.25, 0.3) is 0 Å². The summed E-state index contributed by atoms with van der Waals surface area (Å²) in [5, 5.41) is 11.6. The van der Waals surface area contributed by atoms with Gasteiger partial charge in [-0.3, -0.25) is 4.79 Å². The van der Waals surface area contributed by atoms with Gasteiger partial charge in [0.05, 0.1) is 6.04 Å². The van der Waals surface area contributed by atoms with Gasteiger partial charge >= 0.3 is 12.0 Å². The van der Waals surface area contributed by atoms with E-state index < -0.39 is 18.0 Å². The van der Waals surface area contributed by atoms with Crippen molar-refractivity contribution in [1.29, 1.82) is 0 Å². The fraction of sp³-hybridized carbons (Fsp3) is 0.467. The molecule has 0 spiro atoms. The summed E-state index contributed by atoms with van der Waals surface area (Å²) in [4.78, 5) is 24.2. The highest BCUT2D eigenvalue weighted by Crippen LogP contribution is 2.14. The predicted molar refractivity (Wildman–Crippen MR) is 77.4 cm³/mol. The van der Waals surface area contributed by atoms with Crippen LogP contribution < -0.4 is 5.32 Å². The van der Waals surface area contributed by atoms with Gasteiger partial charge in [0, 0.05) is 6.54 Å². The average molecular weight is 296 g/mol. The number of benzene rings is 1. The lowest BCUT2D eigenvalue weighted by atomic mass is 10.1. The number of urea groups is 1. The largest absolute Gasteiger partial charge is 0.480 e. The molecule has 0 saturated carbocycles. The zero-order chi connectivity index (χ0) is 16.0. The number of carboxylic acid groups (broad SMARTS) is 1. The van der Waals surface area contributed by atoms with E-state index in [0.717, 1.165) is 0 Å². The standard InChI is InChI=1S/C15H21FN2O3/c1-10(2)8-18(9-14(19)20)15(21)17-11(3)12-5-4-6-13(16)7-12/h4-7,10-11H,8-9H2,1-3H3,(H,17,21)(H,19,20). The highest BCUT2D eigenvalue weighted by atomic mass is 19.1. The van der Waals surface area contributed by atoms with Crippen LogP contribution >= 0.6 is 0 Å².